The molecule has 53 heavy (non-hydrogen) atoms. The van der Waals surface area contributed by atoms with Gasteiger partial charge in [-0.2, -0.15) is 0 Å². The number of carbonyl (C=O) groups excluding carboxylic acids is 1. The normalized spacial score (nSPS) is 11.5. The first kappa shape index (κ1) is 52.0. The van der Waals surface area contributed by atoms with E-state index in [1.807, 2.05) is 0 Å². The van der Waals surface area contributed by atoms with E-state index >= 15 is 0 Å². The fourth-order valence-corrected chi connectivity index (χ4v) is 4.49. The van der Waals surface area contributed by atoms with Crippen LogP contribution >= 0.6 is 0 Å². The third-order valence-corrected chi connectivity index (χ3v) is 7.46. The summed E-state index contributed by atoms with van der Waals surface area (Å²) >= 11 is 0. The number of carbonyl (C=O) groups is 1. The summed E-state index contributed by atoms with van der Waals surface area (Å²) in [5, 5.41) is 0. The summed E-state index contributed by atoms with van der Waals surface area (Å²) in [5.41, 5.74) is 0. The maximum atomic E-state index is 11.6. The second-order valence-electron chi connectivity index (χ2n) is 12.1. The van der Waals surface area contributed by atoms with Crippen LogP contribution in [0.15, 0.2) is 0 Å². The number of unbranched alkanes of at least 4 members (excludes halogenated alkanes) is 8. The predicted octanol–water partition coefficient (Wildman–Crippen LogP) is 5.06. The summed E-state index contributed by atoms with van der Waals surface area (Å²) in [6.45, 7) is 17.3. The Morgan fingerprint density at radius 3 is 0.792 bits per heavy atom. The van der Waals surface area contributed by atoms with Crippen molar-refractivity contribution in [1.82, 2.24) is 0 Å². The van der Waals surface area contributed by atoms with E-state index in [4.69, 9.17) is 61.6 Å². The Labute approximate surface area is 321 Å². The van der Waals surface area contributed by atoms with E-state index in [2.05, 4.69) is 13.8 Å². The minimum atomic E-state index is -0.152. The van der Waals surface area contributed by atoms with Crippen molar-refractivity contribution in [3.63, 3.8) is 0 Å². The summed E-state index contributed by atoms with van der Waals surface area (Å²) in [6.07, 6.45) is 12.4. The molecule has 0 saturated carbocycles. The molecule has 0 aromatic heterocycles. The molecule has 0 rings (SSSR count). The lowest BCUT2D eigenvalue weighted by Crippen LogP contribution is -2.15. The van der Waals surface area contributed by atoms with E-state index in [0.717, 1.165) is 38.7 Å². The average molecular weight is 771 g/mol. The van der Waals surface area contributed by atoms with Crippen molar-refractivity contribution >= 4 is 5.97 Å². The molecule has 14 heteroatoms. The molecule has 14 nitrogen and oxygen atoms in total. The van der Waals surface area contributed by atoms with Gasteiger partial charge in [0, 0.05) is 13.0 Å². The van der Waals surface area contributed by atoms with Gasteiger partial charge in [0.1, 0.15) is 6.61 Å². The van der Waals surface area contributed by atoms with Crippen LogP contribution in [0.4, 0.5) is 0 Å². The Kier molecular flexibility index (Phi) is 48.1. The van der Waals surface area contributed by atoms with Gasteiger partial charge >= 0.3 is 5.97 Å². The van der Waals surface area contributed by atoms with Crippen molar-refractivity contribution in [3.8, 4) is 0 Å². The van der Waals surface area contributed by atoms with E-state index in [9.17, 15) is 4.79 Å². The fraction of sp³-hybridized carbons (Fsp3) is 0.974. The van der Waals surface area contributed by atoms with E-state index < -0.39 is 0 Å². The van der Waals surface area contributed by atoms with Crippen LogP contribution in [-0.2, 0) is 66.4 Å². The molecule has 0 atom stereocenters. The van der Waals surface area contributed by atoms with Crippen LogP contribution in [0.5, 0.6) is 0 Å². The second-order valence-corrected chi connectivity index (χ2v) is 12.1. The highest BCUT2D eigenvalue weighted by molar-refractivity contribution is 5.69. The molecule has 0 aliphatic heterocycles. The van der Waals surface area contributed by atoms with Crippen molar-refractivity contribution < 1.29 is 66.4 Å². The lowest BCUT2D eigenvalue weighted by Gasteiger charge is -2.09. The summed E-state index contributed by atoms with van der Waals surface area (Å²) in [5.74, 6) is -0.152. The molecular formula is C39H78O14. The molecular weight excluding hydrogens is 692 g/mol. The first-order chi connectivity index (χ1) is 26.3. The van der Waals surface area contributed by atoms with Gasteiger partial charge in [0.15, 0.2) is 0 Å². The molecule has 0 unspecified atom stereocenters. The molecule has 0 radical (unpaired) electrons. The molecule has 0 aliphatic carbocycles. The van der Waals surface area contributed by atoms with Crippen LogP contribution < -0.4 is 0 Å². The highest BCUT2D eigenvalue weighted by Gasteiger charge is 2.02. The van der Waals surface area contributed by atoms with Crippen molar-refractivity contribution in [1.29, 1.82) is 0 Å². The van der Waals surface area contributed by atoms with Gasteiger partial charge in [0.2, 0.25) is 0 Å². The Hall–Kier alpha value is -1.01. The Balaban J connectivity index is 3.08. The molecule has 0 amide bonds. The van der Waals surface area contributed by atoms with Crippen molar-refractivity contribution in [2.45, 2.75) is 84.5 Å². The molecule has 0 saturated heterocycles. The Bertz CT molecular complexity index is 676. The molecule has 0 bridgehead atoms. The number of hydrogen-bond acceptors (Lipinski definition) is 14. The van der Waals surface area contributed by atoms with Crippen LogP contribution in [0.1, 0.15) is 84.5 Å². The molecule has 0 heterocycles. The van der Waals surface area contributed by atoms with E-state index in [1.54, 1.807) is 0 Å². The lowest BCUT2D eigenvalue weighted by molar-refractivity contribution is -0.145. The maximum absolute atomic E-state index is 11.6. The van der Waals surface area contributed by atoms with Crippen molar-refractivity contribution in [3.05, 3.63) is 0 Å². The predicted molar refractivity (Wildman–Crippen MR) is 203 cm³/mol. The molecule has 318 valence electrons. The van der Waals surface area contributed by atoms with E-state index in [-0.39, 0.29) is 12.6 Å². The molecule has 0 aromatic rings. The molecule has 0 aromatic carbocycles. The molecule has 0 fully saturated rings. The summed E-state index contributed by atoms with van der Waals surface area (Å²) in [7, 11) is 0. The monoisotopic (exact) mass is 771 g/mol. The molecule has 0 aliphatic rings. The first-order valence-corrected chi connectivity index (χ1v) is 20.4. The zero-order valence-electron chi connectivity index (χ0n) is 33.7. The van der Waals surface area contributed by atoms with Gasteiger partial charge in [-0.3, -0.25) is 4.79 Å². The second kappa shape index (κ2) is 49.0. The zero-order chi connectivity index (χ0) is 38.2. The maximum Gasteiger partial charge on any atom is 0.305 e. The van der Waals surface area contributed by atoms with Gasteiger partial charge in [0.25, 0.3) is 0 Å². The summed E-state index contributed by atoms with van der Waals surface area (Å²) < 4.78 is 71.1. The summed E-state index contributed by atoms with van der Waals surface area (Å²) in [4.78, 5) is 11.6. The summed E-state index contributed by atoms with van der Waals surface area (Å²) in [6, 6.07) is 0. The van der Waals surface area contributed by atoms with Crippen LogP contribution in [0.2, 0.25) is 0 Å². The number of hydrogen-bond donors (Lipinski definition) is 0. The third kappa shape index (κ3) is 49.0. The van der Waals surface area contributed by atoms with Crippen molar-refractivity contribution in [2.24, 2.45) is 0 Å². The Morgan fingerprint density at radius 2 is 0.491 bits per heavy atom. The Morgan fingerprint density at radius 1 is 0.264 bits per heavy atom. The average Bonchev–Trinajstić information content (AvgIpc) is 3.16. The minimum absolute atomic E-state index is 0.152. The van der Waals surface area contributed by atoms with Gasteiger partial charge in [-0.05, 0) is 12.8 Å². The quantitative estimate of drug-likeness (QED) is 0.0602. The zero-order valence-corrected chi connectivity index (χ0v) is 33.7. The third-order valence-electron chi connectivity index (χ3n) is 7.46. The van der Waals surface area contributed by atoms with Crippen LogP contribution in [0.3, 0.4) is 0 Å². The number of ether oxygens (including phenoxy) is 13. The fourth-order valence-electron chi connectivity index (χ4n) is 4.49. The van der Waals surface area contributed by atoms with Gasteiger partial charge < -0.3 is 61.6 Å². The molecule has 0 spiro atoms. The van der Waals surface area contributed by atoms with E-state index in [1.165, 1.54) is 32.1 Å². The van der Waals surface area contributed by atoms with Gasteiger partial charge in [-0.15, -0.1) is 0 Å². The highest BCUT2D eigenvalue weighted by Crippen LogP contribution is 2.05. The lowest BCUT2D eigenvalue weighted by atomic mass is 10.1. The van der Waals surface area contributed by atoms with Crippen LogP contribution in [0, 0.1) is 0 Å². The number of esters is 1. The SMILES string of the molecule is CCCCCCCCOCCOCCOCCOCCOCCOCCOCCOCCOCCOCCOCCOCCOC(=O)CCCCCC. The topological polar surface area (TPSA) is 137 Å². The van der Waals surface area contributed by atoms with Crippen LogP contribution in [0.25, 0.3) is 0 Å². The first-order valence-electron chi connectivity index (χ1n) is 20.4. The standard InChI is InChI=1S/C39H78O14/c1-3-5-7-9-10-12-14-41-15-16-42-17-18-43-19-20-44-21-22-45-23-24-46-25-26-47-27-28-48-29-30-49-31-32-50-33-34-51-35-36-52-37-38-53-39(40)13-11-8-6-4-2/h3-38H2,1-2H3. The van der Waals surface area contributed by atoms with Gasteiger partial charge in [-0.25, -0.2) is 0 Å². The van der Waals surface area contributed by atoms with Gasteiger partial charge in [0.05, 0.1) is 152 Å². The highest BCUT2D eigenvalue weighted by atomic mass is 16.6. The molecule has 0 N–H and O–H groups in total. The van der Waals surface area contributed by atoms with Gasteiger partial charge in [-0.1, -0.05) is 65.2 Å². The van der Waals surface area contributed by atoms with Crippen LogP contribution in [-0.4, -0.2) is 171 Å². The minimum Gasteiger partial charge on any atom is -0.463 e. The van der Waals surface area contributed by atoms with E-state index in [0.29, 0.717) is 158 Å². The smallest absolute Gasteiger partial charge is 0.305 e. The largest absolute Gasteiger partial charge is 0.463 e. The number of rotatable bonds is 48. The van der Waals surface area contributed by atoms with Crippen molar-refractivity contribution in [2.75, 3.05) is 165 Å².